The summed E-state index contributed by atoms with van der Waals surface area (Å²) in [5.41, 5.74) is 7.92. The number of hydrogen-bond donors (Lipinski definition) is 1. The zero-order chi connectivity index (χ0) is 15.0. The molecule has 1 aromatic heterocycles. The standard InChI is InChI=1S/C19H26N2/c1-13-8-9-16(18(20)10-13)19(2,3)17-12-21-11-14-6-4-5-7-15(14)17/h4-7,11-13,16,18H,8-10,20H2,1-3H3. The van der Waals surface area contributed by atoms with Crippen LogP contribution in [0.1, 0.15) is 45.6 Å². The molecule has 0 spiro atoms. The van der Waals surface area contributed by atoms with Gasteiger partial charge in [-0.25, -0.2) is 0 Å². The maximum Gasteiger partial charge on any atom is 0.0346 e. The fourth-order valence-corrected chi connectivity index (χ4v) is 4.15. The van der Waals surface area contributed by atoms with Gasteiger partial charge in [-0.1, -0.05) is 51.5 Å². The maximum atomic E-state index is 6.52. The van der Waals surface area contributed by atoms with Crippen LogP contribution in [0.2, 0.25) is 0 Å². The summed E-state index contributed by atoms with van der Waals surface area (Å²) in [6, 6.07) is 8.85. The van der Waals surface area contributed by atoms with E-state index < -0.39 is 0 Å². The van der Waals surface area contributed by atoms with Crippen molar-refractivity contribution in [1.29, 1.82) is 0 Å². The Morgan fingerprint density at radius 2 is 1.90 bits per heavy atom. The van der Waals surface area contributed by atoms with Gasteiger partial charge in [0.2, 0.25) is 0 Å². The summed E-state index contributed by atoms with van der Waals surface area (Å²) in [5.74, 6) is 1.29. The highest BCUT2D eigenvalue weighted by atomic mass is 14.7. The molecule has 1 saturated carbocycles. The first-order valence-corrected chi connectivity index (χ1v) is 8.09. The van der Waals surface area contributed by atoms with Crippen molar-refractivity contribution in [2.75, 3.05) is 0 Å². The van der Waals surface area contributed by atoms with E-state index in [1.807, 2.05) is 12.4 Å². The van der Waals surface area contributed by atoms with Gasteiger partial charge < -0.3 is 5.73 Å². The molecule has 0 saturated heterocycles. The smallest absolute Gasteiger partial charge is 0.0346 e. The van der Waals surface area contributed by atoms with Gasteiger partial charge in [-0.2, -0.15) is 0 Å². The maximum absolute atomic E-state index is 6.52. The molecule has 2 N–H and O–H groups in total. The molecule has 0 aliphatic heterocycles. The molecule has 1 fully saturated rings. The number of aromatic nitrogens is 1. The molecule has 3 rings (SSSR count). The first-order valence-electron chi connectivity index (χ1n) is 8.09. The molecule has 0 radical (unpaired) electrons. The molecule has 1 aliphatic carbocycles. The van der Waals surface area contributed by atoms with Crippen LogP contribution in [0.4, 0.5) is 0 Å². The van der Waals surface area contributed by atoms with Crippen molar-refractivity contribution in [3.8, 4) is 0 Å². The predicted octanol–water partition coefficient (Wildman–Crippen LogP) is 4.28. The summed E-state index contributed by atoms with van der Waals surface area (Å²) >= 11 is 0. The lowest BCUT2D eigenvalue weighted by molar-refractivity contribution is 0.172. The average Bonchev–Trinajstić information content (AvgIpc) is 2.46. The number of rotatable bonds is 2. The van der Waals surface area contributed by atoms with E-state index in [0.717, 1.165) is 12.3 Å². The zero-order valence-electron chi connectivity index (χ0n) is 13.3. The van der Waals surface area contributed by atoms with E-state index >= 15 is 0 Å². The van der Waals surface area contributed by atoms with E-state index in [-0.39, 0.29) is 5.41 Å². The summed E-state index contributed by atoms with van der Waals surface area (Å²) in [4.78, 5) is 4.47. The second kappa shape index (κ2) is 5.42. The minimum Gasteiger partial charge on any atom is -0.327 e. The van der Waals surface area contributed by atoms with Crippen LogP contribution in [0, 0.1) is 11.8 Å². The quantitative estimate of drug-likeness (QED) is 0.893. The highest BCUT2D eigenvalue weighted by Gasteiger charge is 2.39. The molecule has 1 heterocycles. The predicted molar refractivity (Wildman–Crippen MR) is 89.2 cm³/mol. The van der Waals surface area contributed by atoms with Crippen LogP contribution in [0.3, 0.4) is 0 Å². The Kier molecular flexibility index (Phi) is 3.75. The summed E-state index contributed by atoms with van der Waals surface area (Å²) < 4.78 is 0. The van der Waals surface area contributed by atoms with Gasteiger partial charge in [0.05, 0.1) is 0 Å². The van der Waals surface area contributed by atoms with Crippen molar-refractivity contribution in [2.24, 2.45) is 17.6 Å². The third kappa shape index (κ3) is 2.57. The van der Waals surface area contributed by atoms with E-state index in [1.54, 1.807) is 0 Å². The van der Waals surface area contributed by atoms with Crippen LogP contribution in [0.15, 0.2) is 36.7 Å². The third-order valence-corrected chi connectivity index (χ3v) is 5.45. The normalized spacial score (nSPS) is 27.0. The molecule has 2 nitrogen and oxygen atoms in total. The van der Waals surface area contributed by atoms with Gasteiger partial charge in [0.15, 0.2) is 0 Å². The van der Waals surface area contributed by atoms with Crippen molar-refractivity contribution >= 4 is 10.8 Å². The van der Waals surface area contributed by atoms with E-state index in [0.29, 0.717) is 12.0 Å². The first kappa shape index (κ1) is 14.5. The van der Waals surface area contributed by atoms with Gasteiger partial charge in [0.25, 0.3) is 0 Å². The van der Waals surface area contributed by atoms with Crippen molar-refractivity contribution in [3.05, 3.63) is 42.2 Å². The fourth-order valence-electron chi connectivity index (χ4n) is 4.15. The number of fused-ring (bicyclic) bond motifs is 1. The molecular formula is C19H26N2. The zero-order valence-corrected chi connectivity index (χ0v) is 13.3. The summed E-state index contributed by atoms with van der Waals surface area (Å²) in [6.45, 7) is 7.01. The Labute approximate surface area is 127 Å². The van der Waals surface area contributed by atoms with Gasteiger partial charge in [0, 0.05) is 23.8 Å². The molecule has 112 valence electrons. The molecule has 0 bridgehead atoms. The second-order valence-corrected chi connectivity index (χ2v) is 7.32. The number of benzene rings is 1. The highest BCUT2D eigenvalue weighted by molar-refractivity contribution is 5.85. The topological polar surface area (TPSA) is 38.9 Å². The van der Waals surface area contributed by atoms with Crippen LogP contribution in [-0.2, 0) is 5.41 Å². The largest absolute Gasteiger partial charge is 0.327 e. The lowest BCUT2D eigenvalue weighted by Gasteiger charge is -2.43. The number of hydrogen-bond acceptors (Lipinski definition) is 2. The van der Waals surface area contributed by atoms with Crippen LogP contribution >= 0.6 is 0 Å². The molecule has 21 heavy (non-hydrogen) atoms. The van der Waals surface area contributed by atoms with Crippen LogP contribution in [0.25, 0.3) is 10.8 Å². The van der Waals surface area contributed by atoms with Gasteiger partial charge in [-0.05, 0) is 41.0 Å². The highest BCUT2D eigenvalue weighted by Crippen LogP contribution is 2.43. The first-order chi connectivity index (χ1) is 10.00. The van der Waals surface area contributed by atoms with Gasteiger partial charge in [-0.3, -0.25) is 4.98 Å². The molecule has 1 aliphatic rings. The minimum absolute atomic E-state index is 0.0629. The molecule has 0 amide bonds. The number of nitrogens with zero attached hydrogens (tertiary/aromatic N) is 1. The lowest BCUT2D eigenvalue weighted by Crippen LogP contribution is -2.45. The second-order valence-electron chi connectivity index (χ2n) is 7.32. The van der Waals surface area contributed by atoms with Crippen molar-refractivity contribution in [3.63, 3.8) is 0 Å². The third-order valence-electron chi connectivity index (χ3n) is 5.45. The fraction of sp³-hybridized carbons (Fsp3) is 0.526. The molecule has 3 atom stereocenters. The van der Waals surface area contributed by atoms with E-state index in [1.165, 1.54) is 29.2 Å². The van der Waals surface area contributed by atoms with Crippen molar-refractivity contribution < 1.29 is 0 Å². The van der Waals surface area contributed by atoms with E-state index in [4.69, 9.17) is 5.73 Å². The Bertz CT molecular complexity index is 627. The summed E-state index contributed by atoms with van der Waals surface area (Å²) in [6.07, 6.45) is 7.66. The van der Waals surface area contributed by atoms with E-state index in [9.17, 15) is 0 Å². The molecular weight excluding hydrogens is 256 g/mol. The Morgan fingerprint density at radius 1 is 1.14 bits per heavy atom. The number of pyridine rings is 1. The minimum atomic E-state index is 0.0629. The molecule has 3 unspecified atom stereocenters. The SMILES string of the molecule is CC1CCC(C(C)(C)c2cncc3ccccc23)C(N)C1. The van der Waals surface area contributed by atoms with Gasteiger partial charge in [0.1, 0.15) is 0 Å². The molecule has 1 aromatic carbocycles. The average molecular weight is 282 g/mol. The lowest BCUT2D eigenvalue weighted by atomic mass is 9.63. The number of nitrogens with two attached hydrogens (primary N) is 1. The van der Waals surface area contributed by atoms with Crippen LogP contribution in [0.5, 0.6) is 0 Å². The summed E-state index contributed by atoms with van der Waals surface area (Å²) in [5, 5.41) is 2.55. The van der Waals surface area contributed by atoms with Crippen molar-refractivity contribution in [1.82, 2.24) is 4.98 Å². The van der Waals surface area contributed by atoms with Crippen molar-refractivity contribution in [2.45, 2.75) is 51.5 Å². The Balaban J connectivity index is 2.04. The van der Waals surface area contributed by atoms with Gasteiger partial charge >= 0.3 is 0 Å². The van der Waals surface area contributed by atoms with Crippen LogP contribution < -0.4 is 5.73 Å². The van der Waals surface area contributed by atoms with Crippen LogP contribution in [-0.4, -0.2) is 11.0 Å². The Morgan fingerprint density at radius 3 is 2.67 bits per heavy atom. The monoisotopic (exact) mass is 282 g/mol. The Hall–Kier alpha value is -1.41. The molecule has 2 aromatic rings. The molecule has 2 heteroatoms. The van der Waals surface area contributed by atoms with E-state index in [2.05, 4.69) is 50.0 Å². The summed E-state index contributed by atoms with van der Waals surface area (Å²) in [7, 11) is 0. The van der Waals surface area contributed by atoms with Gasteiger partial charge in [-0.15, -0.1) is 0 Å².